The van der Waals surface area contributed by atoms with Crippen molar-refractivity contribution < 1.29 is 5.11 Å². The van der Waals surface area contributed by atoms with E-state index in [1.807, 2.05) is 13.0 Å². The summed E-state index contributed by atoms with van der Waals surface area (Å²) in [4.78, 5) is 0. The predicted octanol–water partition coefficient (Wildman–Crippen LogP) is 3.85. The maximum absolute atomic E-state index is 10.2. The van der Waals surface area contributed by atoms with Gasteiger partial charge in [0.2, 0.25) is 0 Å². The van der Waals surface area contributed by atoms with E-state index in [-0.39, 0.29) is 6.04 Å². The lowest BCUT2D eigenvalue weighted by Crippen LogP contribution is -2.39. The Morgan fingerprint density at radius 2 is 2.12 bits per heavy atom. The van der Waals surface area contributed by atoms with Crippen molar-refractivity contribution >= 4 is 22.9 Å². The summed E-state index contributed by atoms with van der Waals surface area (Å²) in [5, 5.41) is 15.6. The first kappa shape index (κ1) is 15.0. The molecule has 0 saturated carbocycles. The predicted molar refractivity (Wildman–Crippen MR) is 75.8 cm³/mol. The van der Waals surface area contributed by atoms with Gasteiger partial charge >= 0.3 is 0 Å². The highest BCUT2D eigenvalue weighted by atomic mass is 35.5. The van der Waals surface area contributed by atoms with Crippen LogP contribution in [-0.4, -0.2) is 17.3 Å². The average molecular weight is 276 g/mol. The second-order valence-electron chi connectivity index (χ2n) is 5.38. The Kier molecular flexibility index (Phi) is 5.45. The Morgan fingerprint density at radius 1 is 1.47 bits per heavy atom. The number of nitrogens with one attached hydrogen (secondary N) is 1. The fraction of sp³-hybridized carbons (Fsp3) is 0.692. The minimum Gasteiger partial charge on any atom is -0.389 e. The summed E-state index contributed by atoms with van der Waals surface area (Å²) in [5.41, 5.74) is 0.530. The van der Waals surface area contributed by atoms with Crippen LogP contribution in [0.25, 0.3) is 0 Å². The van der Waals surface area contributed by atoms with Gasteiger partial charge in [0.1, 0.15) is 0 Å². The molecule has 0 spiro atoms. The van der Waals surface area contributed by atoms with Crippen molar-refractivity contribution in [3.8, 4) is 0 Å². The number of halogens is 1. The van der Waals surface area contributed by atoms with Crippen LogP contribution in [0.1, 0.15) is 45.7 Å². The molecule has 98 valence electrons. The molecule has 2 N–H and O–H groups in total. The van der Waals surface area contributed by atoms with E-state index in [2.05, 4.69) is 31.5 Å². The molecular weight excluding hydrogens is 254 g/mol. The monoisotopic (exact) mass is 275 g/mol. The van der Waals surface area contributed by atoms with Crippen LogP contribution in [-0.2, 0) is 0 Å². The second-order valence-corrected chi connectivity index (χ2v) is 6.92. The Balaban J connectivity index is 2.45. The molecule has 0 aliphatic rings. The molecule has 2 atom stereocenters. The lowest BCUT2D eigenvalue weighted by molar-refractivity contribution is 0.0363. The zero-order valence-corrected chi connectivity index (χ0v) is 12.5. The molecule has 1 aromatic heterocycles. The van der Waals surface area contributed by atoms with Crippen LogP contribution in [0.15, 0.2) is 11.4 Å². The van der Waals surface area contributed by atoms with Crippen molar-refractivity contribution in [3.63, 3.8) is 0 Å². The van der Waals surface area contributed by atoms with Gasteiger partial charge in [0.25, 0.3) is 0 Å². The highest BCUT2D eigenvalue weighted by Crippen LogP contribution is 2.25. The van der Waals surface area contributed by atoms with E-state index in [0.29, 0.717) is 12.5 Å². The van der Waals surface area contributed by atoms with Crippen molar-refractivity contribution in [2.24, 2.45) is 5.92 Å². The van der Waals surface area contributed by atoms with E-state index in [0.717, 1.165) is 10.8 Å². The smallest absolute Gasteiger partial charge is 0.0931 e. The molecule has 17 heavy (non-hydrogen) atoms. The lowest BCUT2D eigenvalue weighted by Gasteiger charge is -2.27. The van der Waals surface area contributed by atoms with Crippen molar-refractivity contribution in [3.05, 3.63) is 21.3 Å². The number of thiophene rings is 1. The van der Waals surface area contributed by atoms with Crippen LogP contribution in [0, 0.1) is 5.92 Å². The van der Waals surface area contributed by atoms with E-state index in [1.165, 1.54) is 16.9 Å². The molecule has 0 aliphatic carbocycles. The normalized spacial score (nSPS) is 17.1. The van der Waals surface area contributed by atoms with Crippen LogP contribution in [0.2, 0.25) is 4.34 Å². The summed E-state index contributed by atoms with van der Waals surface area (Å²) in [6, 6.07) is 2.19. The van der Waals surface area contributed by atoms with Gasteiger partial charge in [-0.05, 0) is 43.2 Å². The van der Waals surface area contributed by atoms with Gasteiger partial charge in [-0.25, -0.2) is 0 Å². The number of hydrogen-bond donors (Lipinski definition) is 2. The molecule has 0 saturated heterocycles. The number of rotatable bonds is 6. The first-order chi connectivity index (χ1) is 7.80. The van der Waals surface area contributed by atoms with E-state index in [4.69, 9.17) is 11.6 Å². The molecule has 0 aliphatic heterocycles. The van der Waals surface area contributed by atoms with Gasteiger partial charge in [-0.2, -0.15) is 0 Å². The third-order valence-electron chi connectivity index (χ3n) is 2.72. The summed E-state index contributed by atoms with van der Waals surface area (Å²) in [6.45, 7) is 8.81. The van der Waals surface area contributed by atoms with Gasteiger partial charge in [0, 0.05) is 12.6 Å². The molecule has 1 heterocycles. The van der Waals surface area contributed by atoms with Gasteiger partial charge in [-0.1, -0.05) is 25.4 Å². The molecule has 0 radical (unpaired) electrons. The zero-order valence-electron chi connectivity index (χ0n) is 11.0. The topological polar surface area (TPSA) is 32.3 Å². The van der Waals surface area contributed by atoms with Crippen LogP contribution in [0.5, 0.6) is 0 Å². The molecule has 0 amide bonds. The number of aliphatic hydroxyl groups is 1. The largest absolute Gasteiger partial charge is 0.389 e. The summed E-state index contributed by atoms with van der Waals surface area (Å²) in [5.74, 6) is 0.498. The average Bonchev–Trinajstić information content (AvgIpc) is 2.59. The van der Waals surface area contributed by atoms with Crippen molar-refractivity contribution in [2.45, 2.75) is 45.8 Å². The fourth-order valence-electron chi connectivity index (χ4n) is 1.99. The number of hydrogen-bond acceptors (Lipinski definition) is 3. The molecule has 1 rings (SSSR count). The standard InChI is InChI=1S/C13H22ClNOS/c1-9(2)6-13(4,16)8-15-10(3)11-5-12(14)17-7-11/h5,7,9-10,15-16H,6,8H2,1-4H3. The Hall–Kier alpha value is -0.0900. The first-order valence-electron chi connectivity index (χ1n) is 6.00. The van der Waals surface area contributed by atoms with Crippen LogP contribution < -0.4 is 5.32 Å². The SMILES string of the molecule is CC(C)CC(C)(O)CNC(C)c1csc(Cl)c1. The van der Waals surface area contributed by atoms with Crippen molar-refractivity contribution in [1.82, 2.24) is 5.32 Å². The zero-order chi connectivity index (χ0) is 13.1. The summed E-state index contributed by atoms with van der Waals surface area (Å²) >= 11 is 7.44. The third-order valence-corrected chi connectivity index (χ3v) is 3.83. The molecule has 4 heteroatoms. The Labute approximate surface area is 113 Å². The quantitative estimate of drug-likeness (QED) is 0.827. The van der Waals surface area contributed by atoms with Crippen molar-refractivity contribution in [2.75, 3.05) is 6.54 Å². The lowest BCUT2D eigenvalue weighted by atomic mass is 9.94. The molecule has 0 bridgehead atoms. The van der Waals surface area contributed by atoms with Gasteiger partial charge in [0.15, 0.2) is 0 Å². The van der Waals surface area contributed by atoms with Gasteiger partial charge < -0.3 is 10.4 Å². The summed E-state index contributed by atoms with van der Waals surface area (Å²) in [6.07, 6.45) is 0.803. The molecule has 0 fully saturated rings. The molecule has 1 aromatic rings. The molecular formula is C13H22ClNOS. The molecule has 2 unspecified atom stereocenters. The van der Waals surface area contributed by atoms with Crippen molar-refractivity contribution in [1.29, 1.82) is 0 Å². The Morgan fingerprint density at radius 3 is 2.59 bits per heavy atom. The molecule has 2 nitrogen and oxygen atoms in total. The maximum Gasteiger partial charge on any atom is 0.0931 e. The summed E-state index contributed by atoms with van der Waals surface area (Å²) in [7, 11) is 0. The van der Waals surface area contributed by atoms with Crippen LogP contribution in [0.4, 0.5) is 0 Å². The second kappa shape index (κ2) is 6.19. The van der Waals surface area contributed by atoms with Crippen LogP contribution in [0.3, 0.4) is 0 Å². The molecule has 0 aromatic carbocycles. The van der Waals surface area contributed by atoms with Gasteiger partial charge in [0.05, 0.1) is 9.94 Å². The Bertz CT molecular complexity index is 349. The van der Waals surface area contributed by atoms with Gasteiger partial charge in [-0.15, -0.1) is 11.3 Å². The fourth-order valence-corrected chi connectivity index (χ4v) is 2.98. The summed E-state index contributed by atoms with van der Waals surface area (Å²) < 4.78 is 0.808. The minimum atomic E-state index is -0.651. The van der Waals surface area contributed by atoms with E-state index in [9.17, 15) is 5.11 Å². The highest BCUT2D eigenvalue weighted by Gasteiger charge is 2.22. The maximum atomic E-state index is 10.2. The minimum absolute atomic E-state index is 0.220. The van der Waals surface area contributed by atoms with E-state index >= 15 is 0 Å². The van der Waals surface area contributed by atoms with E-state index < -0.39 is 5.60 Å². The third kappa shape index (κ3) is 5.38. The first-order valence-corrected chi connectivity index (χ1v) is 7.25. The van der Waals surface area contributed by atoms with Crippen LogP contribution >= 0.6 is 22.9 Å². The highest BCUT2D eigenvalue weighted by molar-refractivity contribution is 7.14. The van der Waals surface area contributed by atoms with Gasteiger partial charge in [-0.3, -0.25) is 0 Å². The van der Waals surface area contributed by atoms with E-state index in [1.54, 1.807) is 0 Å².